The lowest BCUT2D eigenvalue weighted by Crippen LogP contribution is -2.08. The molecule has 0 saturated carbocycles. The van der Waals surface area contributed by atoms with Crippen LogP contribution >= 0.6 is 7.60 Å². The van der Waals surface area contributed by atoms with Crippen molar-refractivity contribution in [2.45, 2.75) is 13.0 Å². The lowest BCUT2D eigenvalue weighted by Gasteiger charge is -2.07. The Balaban J connectivity index is 3.01. The Labute approximate surface area is 76.6 Å². The Morgan fingerprint density at radius 1 is 1.31 bits per heavy atom. The van der Waals surface area contributed by atoms with Gasteiger partial charge >= 0.3 is 7.60 Å². The van der Waals surface area contributed by atoms with E-state index in [4.69, 9.17) is 15.5 Å². The molecular weight excluding hydrogens is 189 g/mol. The van der Waals surface area contributed by atoms with Crippen molar-refractivity contribution in [1.29, 1.82) is 0 Å². The largest absolute Gasteiger partial charge is 0.356 e. The molecule has 0 heterocycles. The monoisotopic (exact) mass is 201 g/mol. The molecule has 72 valence electrons. The third-order valence-corrected chi connectivity index (χ3v) is 2.73. The maximum Gasteiger partial charge on any atom is 0.356 e. The Morgan fingerprint density at radius 2 is 1.77 bits per heavy atom. The summed E-state index contributed by atoms with van der Waals surface area (Å²) in [4.78, 5) is 17.6. The molecule has 0 aliphatic heterocycles. The predicted octanol–water partition coefficient (Wildman–Crippen LogP) is 0.509. The smallest absolute Gasteiger partial charge is 0.324 e. The quantitative estimate of drug-likeness (QED) is 0.609. The molecule has 0 saturated heterocycles. The number of rotatable bonds is 2. The van der Waals surface area contributed by atoms with Crippen LogP contribution in [-0.2, 0) is 4.57 Å². The van der Waals surface area contributed by atoms with Crippen LogP contribution in [0.25, 0.3) is 0 Å². The van der Waals surface area contributed by atoms with Gasteiger partial charge in [0.15, 0.2) is 0 Å². The molecule has 0 amide bonds. The Morgan fingerprint density at radius 3 is 2.08 bits per heavy atom. The summed E-state index contributed by atoms with van der Waals surface area (Å²) in [6.45, 7) is 1.81. The van der Waals surface area contributed by atoms with Crippen molar-refractivity contribution < 1.29 is 14.4 Å². The topological polar surface area (TPSA) is 83.6 Å². The molecule has 1 rings (SSSR count). The van der Waals surface area contributed by atoms with Gasteiger partial charge in [0.25, 0.3) is 0 Å². The first-order valence-corrected chi connectivity index (χ1v) is 5.44. The average Bonchev–Trinajstić information content (AvgIpc) is 2.03. The summed E-state index contributed by atoms with van der Waals surface area (Å²) in [6, 6.07) is 5.93. The first-order valence-electron chi connectivity index (χ1n) is 3.83. The van der Waals surface area contributed by atoms with E-state index >= 15 is 0 Å². The summed E-state index contributed by atoms with van der Waals surface area (Å²) in [5.41, 5.74) is 6.44. The predicted molar refractivity (Wildman–Crippen MR) is 50.7 cm³/mol. The molecule has 1 atom stereocenters. The zero-order valence-corrected chi connectivity index (χ0v) is 8.11. The second-order valence-corrected chi connectivity index (χ2v) is 4.53. The van der Waals surface area contributed by atoms with Gasteiger partial charge < -0.3 is 15.5 Å². The van der Waals surface area contributed by atoms with Crippen LogP contribution < -0.4 is 11.0 Å². The fourth-order valence-corrected chi connectivity index (χ4v) is 1.51. The standard InChI is InChI=1S/C8H12NO3P/c1-6(9)7-2-4-8(5-3-7)13(10,11)12/h2-6H,9H2,1H3,(H2,10,11,12)/t6-/m0/s1. The highest BCUT2D eigenvalue weighted by molar-refractivity contribution is 7.60. The molecule has 0 aliphatic rings. The number of hydrogen-bond acceptors (Lipinski definition) is 2. The van der Waals surface area contributed by atoms with E-state index in [-0.39, 0.29) is 11.3 Å². The highest BCUT2D eigenvalue weighted by Gasteiger charge is 2.16. The second-order valence-electron chi connectivity index (χ2n) is 2.92. The zero-order valence-electron chi connectivity index (χ0n) is 7.21. The second kappa shape index (κ2) is 3.60. The van der Waals surface area contributed by atoms with Crippen molar-refractivity contribution in [3.05, 3.63) is 29.8 Å². The summed E-state index contributed by atoms with van der Waals surface area (Å²) < 4.78 is 10.8. The van der Waals surface area contributed by atoms with Crippen LogP contribution in [0.1, 0.15) is 18.5 Å². The molecule has 4 N–H and O–H groups in total. The summed E-state index contributed by atoms with van der Waals surface area (Å²) in [6.07, 6.45) is 0. The molecule has 1 aromatic carbocycles. The van der Waals surface area contributed by atoms with Crippen LogP contribution in [0.3, 0.4) is 0 Å². The van der Waals surface area contributed by atoms with Crippen LogP contribution in [0.2, 0.25) is 0 Å². The summed E-state index contributed by atoms with van der Waals surface area (Å²) in [5, 5.41) is 0.0249. The average molecular weight is 201 g/mol. The Kier molecular flexibility index (Phi) is 2.88. The van der Waals surface area contributed by atoms with Crippen LogP contribution in [0.4, 0.5) is 0 Å². The minimum absolute atomic E-state index is 0.0249. The Bertz CT molecular complexity index is 328. The van der Waals surface area contributed by atoms with Gasteiger partial charge in [0.2, 0.25) is 0 Å². The molecule has 0 bridgehead atoms. The van der Waals surface area contributed by atoms with Gasteiger partial charge in [0.05, 0.1) is 5.30 Å². The van der Waals surface area contributed by atoms with E-state index in [1.54, 1.807) is 12.1 Å². The van der Waals surface area contributed by atoms with E-state index in [2.05, 4.69) is 0 Å². The van der Waals surface area contributed by atoms with Gasteiger partial charge in [-0.1, -0.05) is 12.1 Å². The fraction of sp³-hybridized carbons (Fsp3) is 0.250. The van der Waals surface area contributed by atoms with Crippen LogP contribution in [0.5, 0.6) is 0 Å². The van der Waals surface area contributed by atoms with E-state index in [1.807, 2.05) is 6.92 Å². The van der Waals surface area contributed by atoms with Crippen molar-refractivity contribution in [3.63, 3.8) is 0 Å². The molecule has 0 aromatic heterocycles. The number of benzene rings is 1. The SMILES string of the molecule is C[C@H](N)c1ccc(P(=O)(O)O)cc1. The lowest BCUT2D eigenvalue weighted by atomic mass is 10.1. The van der Waals surface area contributed by atoms with E-state index < -0.39 is 7.60 Å². The summed E-state index contributed by atoms with van der Waals surface area (Å²) >= 11 is 0. The van der Waals surface area contributed by atoms with Crippen molar-refractivity contribution >= 4 is 12.9 Å². The molecular formula is C8H12NO3P. The summed E-state index contributed by atoms with van der Waals surface area (Å²) in [5.74, 6) is 0. The van der Waals surface area contributed by atoms with Gasteiger partial charge in [0, 0.05) is 6.04 Å². The van der Waals surface area contributed by atoms with E-state index in [9.17, 15) is 4.57 Å². The maximum atomic E-state index is 10.8. The lowest BCUT2D eigenvalue weighted by molar-refractivity contribution is 0.387. The van der Waals surface area contributed by atoms with E-state index in [0.29, 0.717) is 0 Å². The maximum absolute atomic E-state index is 10.8. The van der Waals surface area contributed by atoms with Crippen molar-refractivity contribution in [2.24, 2.45) is 5.73 Å². The molecule has 0 spiro atoms. The molecule has 0 fully saturated rings. The van der Waals surface area contributed by atoms with Gasteiger partial charge in [-0.3, -0.25) is 4.57 Å². The number of nitrogens with two attached hydrogens (primary N) is 1. The zero-order chi connectivity index (χ0) is 10.1. The molecule has 4 nitrogen and oxygen atoms in total. The van der Waals surface area contributed by atoms with Gasteiger partial charge in [0.1, 0.15) is 0 Å². The van der Waals surface area contributed by atoms with Gasteiger partial charge in [-0.25, -0.2) is 0 Å². The highest BCUT2D eigenvalue weighted by Crippen LogP contribution is 2.32. The van der Waals surface area contributed by atoms with Gasteiger partial charge in [-0.05, 0) is 24.6 Å². The van der Waals surface area contributed by atoms with Crippen molar-refractivity contribution in [3.8, 4) is 0 Å². The van der Waals surface area contributed by atoms with Crippen molar-refractivity contribution in [1.82, 2.24) is 0 Å². The summed E-state index contributed by atoms with van der Waals surface area (Å²) in [7, 11) is -4.11. The van der Waals surface area contributed by atoms with Crippen LogP contribution in [-0.4, -0.2) is 9.79 Å². The third kappa shape index (κ3) is 2.64. The molecule has 0 unspecified atom stereocenters. The van der Waals surface area contributed by atoms with E-state index in [1.165, 1.54) is 12.1 Å². The third-order valence-electron chi connectivity index (χ3n) is 1.76. The van der Waals surface area contributed by atoms with Crippen LogP contribution in [0.15, 0.2) is 24.3 Å². The molecule has 0 radical (unpaired) electrons. The fourth-order valence-electron chi connectivity index (χ4n) is 0.972. The normalized spacial score (nSPS) is 14.2. The molecule has 13 heavy (non-hydrogen) atoms. The van der Waals surface area contributed by atoms with E-state index in [0.717, 1.165) is 5.56 Å². The Hall–Kier alpha value is -0.670. The highest BCUT2D eigenvalue weighted by atomic mass is 31.2. The van der Waals surface area contributed by atoms with Gasteiger partial charge in [-0.2, -0.15) is 0 Å². The van der Waals surface area contributed by atoms with Crippen LogP contribution in [0, 0.1) is 0 Å². The first-order chi connectivity index (χ1) is 5.91. The molecule has 0 aliphatic carbocycles. The molecule has 1 aromatic rings. The molecule has 5 heteroatoms. The minimum Gasteiger partial charge on any atom is -0.324 e. The number of hydrogen-bond donors (Lipinski definition) is 3. The van der Waals surface area contributed by atoms with Crippen molar-refractivity contribution in [2.75, 3.05) is 0 Å². The minimum atomic E-state index is -4.11. The first kappa shape index (κ1) is 10.4. The van der Waals surface area contributed by atoms with Gasteiger partial charge in [-0.15, -0.1) is 0 Å².